The van der Waals surface area contributed by atoms with E-state index < -0.39 is 5.60 Å². The molecule has 1 N–H and O–H groups in total. The summed E-state index contributed by atoms with van der Waals surface area (Å²) in [4.78, 5) is 0. The molecule has 3 atom stereocenters. The van der Waals surface area contributed by atoms with Gasteiger partial charge in [-0.25, -0.2) is 4.39 Å². The Hall–Kier alpha value is -0.890. The summed E-state index contributed by atoms with van der Waals surface area (Å²) in [7, 11) is 0. The van der Waals surface area contributed by atoms with Gasteiger partial charge in [0.2, 0.25) is 0 Å². The zero-order valence-electron chi connectivity index (χ0n) is 13.1. The van der Waals surface area contributed by atoms with E-state index in [0.29, 0.717) is 24.2 Å². The van der Waals surface area contributed by atoms with E-state index in [1.54, 1.807) is 6.07 Å². The molecule has 0 bridgehead atoms. The second kappa shape index (κ2) is 5.85. The summed E-state index contributed by atoms with van der Waals surface area (Å²) < 4.78 is 13.5. The SMILES string of the molecule is Cc1ccc(F)cc1CC1(O)CC(C)CCC1C(C)C. The van der Waals surface area contributed by atoms with Crippen LogP contribution in [0.1, 0.15) is 51.2 Å². The Kier molecular flexibility index (Phi) is 4.53. The molecule has 20 heavy (non-hydrogen) atoms. The highest BCUT2D eigenvalue weighted by Gasteiger charge is 2.42. The second-order valence-electron chi connectivity index (χ2n) is 7.09. The van der Waals surface area contributed by atoms with Crippen molar-refractivity contribution in [1.82, 2.24) is 0 Å². The first-order valence-electron chi connectivity index (χ1n) is 7.79. The van der Waals surface area contributed by atoms with Crippen LogP contribution in [0.4, 0.5) is 4.39 Å². The highest BCUT2D eigenvalue weighted by molar-refractivity contribution is 5.28. The van der Waals surface area contributed by atoms with E-state index in [1.807, 2.05) is 13.0 Å². The molecule has 1 fully saturated rings. The number of rotatable bonds is 3. The third-order valence-electron chi connectivity index (χ3n) is 4.98. The summed E-state index contributed by atoms with van der Waals surface area (Å²) in [5, 5.41) is 11.2. The number of halogens is 1. The van der Waals surface area contributed by atoms with Crippen molar-refractivity contribution >= 4 is 0 Å². The van der Waals surface area contributed by atoms with Gasteiger partial charge < -0.3 is 5.11 Å². The minimum Gasteiger partial charge on any atom is -0.389 e. The zero-order chi connectivity index (χ0) is 14.9. The third kappa shape index (κ3) is 3.22. The molecule has 0 aromatic heterocycles. The quantitative estimate of drug-likeness (QED) is 0.863. The molecule has 3 unspecified atom stereocenters. The average Bonchev–Trinajstić information content (AvgIpc) is 2.32. The van der Waals surface area contributed by atoms with Crippen LogP contribution >= 0.6 is 0 Å². The monoisotopic (exact) mass is 278 g/mol. The first-order chi connectivity index (χ1) is 9.32. The molecule has 1 aliphatic carbocycles. The molecule has 1 nitrogen and oxygen atoms in total. The summed E-state index contributed by atoms with van der Waals surface area (Å²) in [5.41, 5.74) is 1.33. The highest BCUT2D eigenvalue weighted by atomic mass is 19.1. The lowest BCUT2D eigenvalue weighted by atomic mass is 9.65. The Morgan fingerprint density at radius 2 is 2.05 bits per heavy atom. The van der Waals surface area contributed by atoms with Crippen LogP contribution in [-0.4, -0.2) is 10.7 Å². The van der Waals surface area contributed by atoms with Crippen LogP contribution in [0.2, 0.25) is 0 Å². The topological polar surface area (TPSA) is 20.2 Å². The maximum absolute atomic E-state index is 13.5. The number of hydrogen-bond acceptors (Lipinski definition) is 1. The molecule has 0 saturated heterocycles. The van der Waals surface area contributed by atoms with Crippen LogP contribution in [0, 0.1) is 30.5 Å². The lowest BCUT2D eigenvalue weighted by Crippen LogP contribution is -2.47. The van der Waals surface area contributed by atoms with E-state index in [4.69, 9.17) is 0 Å². The molecule has 0 heterocycles. The fourth-order valence-corrected chi connectivity index (χ4v) is 3.91. The summed E-state index contributed by atoms with van der Waals surface area (Å²) in [6.07, 6.45) is 3.66. The van der Waals surface area contributed by atoms with Crippen LogP contribution in [0.15, 0.2) is 18.2 Å². The van der Waals surface area contributed by atoms with Gasteiger partial charge in [-0.05, 0) is 60.8 Å². The largest absolute Gasteiger partial charge is 0.389 e. The van der Waals surface area contributed by atoms with Gasteiger partial charge in [0.1, 0.15) is 5.82 Å². The maximum atomic E-state index is 13.5. The molecule has 2 rings (SSSR count). The van der Waals surface area contributed by atoms with Gasteiger partial charge in [-0.1, -0.05) is 33.3 Å². The lowest BCUT2D eigenvalue weighted by Gasteiger charge is -2.45. The van der Waals surface area contributed by atoms with Crippen LogP contribution in [0.5, 0.6) is 0 Å². The fourth-order valence-electron chi connectivity index (χ4n) is 3.91. The fraction of sp³-hybridized carbons (Fsp3) is 0.667. The van der Waals surface area contributed by atoms with Crippen molar-refractivity contribution in [2.75, 3.05) is 0 Å². The van der Waals surface area contributed by atoms with E-state index >= 15 is 0 Å². The van der Waals surface area contributed by atoms with Crippen LogP contribution in [0.3, 0.4) is 0 Å². The van der Waals surface area contributed by atoms with Crippen LogP contribution in [0.25, 0.3) is 0 Å². The van der Waals surface area contributed by atoms with Gasteiger partial charge in [-0.3, -0.25) is 0 Å². The molecular weight excluding hydrogens is 251 g/mol. The predicted octanol–water partition coefficient (Wildman–Crippen LogP) is 4.50. The van der Waals surface area contributed by atoms with Crippen molar-refractivity contribution < 1.29 is 9.50 Å². The molecule has 1 aromatic rings. The molecule has 1 aliphatic rings. The molecule has 2 heteroatoms. The van der Waals surface area contributed by atoms with Gasteiger partial charge >= 0.3 is 0 Å². The minimum absolute atomic E-state index is 0.209. The Labute approximate surface area is 122 Å². The molecule has 0 aliphatic heterocycles. The van der Waals surface area contributed by atoms with Crippen molar-refractivity contribution in [1.29, 1.82) is 0 Å². The molecule has 0 radical (unpaired) electrons. The zero-order valence-corrected chi connectivity index (χ0v) is 13.1. The third-order valence-corrected chi connectivity index (χ3v) is 4.98. The first kappa shape index (κ1) is 15.5. The number of aliphatic hydroxyl groups is 1. The molecule has 0 amide bonds. The molecule has 1 aromatic carbocycles. The predicted molar refractivity (Wildman–Crippen MR) is 81.1 cm³/mol. The first-order valence-corrected chi connectivity index (χ1v) is 7.79. The minimum atomic E-state index is -0.690. The standard InChI is InChI=1S/C18H27FO/c1-12(2)17-8-5-13(3)10-18(17,20)11-15-9-16(19)7-6-14(15)4/h6-7,9,12-13,17,20H,5,8,10-11H2,1-4H3. The van der Waals surface area contributed by atoms with Crippen molar-refractivity contribution in [3.8, 4) is 0 Å². The molecular formula is C18H27FO. The van der Waals surface area contributed by atoms with Crippen molar-refractivity contribution in [3.05, 3.63) is 35.1 Å². The summed E-state index contributed by atoms with van der Waals surface area (Å²) in [6.45, 7) is 8.57. The molecule has 1 saturated carbocycles. The Morgan fingerprint density at radius 3 is 2.70 bits per heavy atom. The smallest absolute Gasteiger partial charge is 0.123 e. The van der Waals surface area contributed by atoms with Gasteiger partial charge in [0.05, 0.1) is 5.60 Å². The van der Waals surface area contributed by atoms with Gasteiger partial charge in [0.25, 0.3) is 0 Å². The van der Waals surface area contributed by atoms with Gasteiger partial charge in [0, 0.05) is 6.42 Å². The number of benzene rings is 1. The van der Waals surface area contributed by atoms with Crippen molar-refractivity contribution in [2.45, 2.75) is 59.0 Å². The second-order valence-corrected chi connectivity index (χ2v) is 7.09. The maximum Gasteiger partial charge on any atom is 0.123 e. The number of hydrogen-bond donors (Lipinski definition) is 1. The van der Waals surface area contributed by atoms with E-state index in [9.17, 15) is 9.50 Å². The average molecular weight is 278 g/mol. The van der Waals surface area contributed by atoms with Crippen LogP contribution < -0.4 is 0 Å². The van der Waals surface area contributed by atoms with E-state index in [2.05, 4.69) is 20.8 Å². The Morgan fingerprint density at radius 1 is 1.35 bits per heavy atom. The Bertz CT molecular complexity index is 468. The molecule has 0 spiro atoms. The van der Waals surface area contributed by atoms with E-state index in [-0.39, 0.29) is 5.82 Å². The lowest BCUT2D eigenvalue weighted by molar-refractivity contribution is -0.0796. The van der Waals surface area contributed by atoms with Crippen LogP contribution in [-0.2, 0) is 6.42 Å². The van der Waals surface area contributed by atoms with E-state index in [1.165, 1.54) is 12.5 Å². The highest BCUT2D eigenvalue weighted by Crippen LogP contribution is 2.43. The summed E-state index contributed by atoms with van der Waals surface area (Å²) in [5.74, 6) is 1.10. The van der Waals surface area contributed by atoms with Gasteiger partial charge in [-0.2, -0.15) is 0 Å². The van der Waals surface area contributed by atoms with Gasteiger partial charge in [-0.15, -0.1) is 0 Å². The molecule has 112 valence electrons. The van der Waals surface area contributed by atoms with E-state index in [0.717, 1.165) is 24.0 Å². The van der Waals surface area contributed by atoms with Gasteiger partial charge in [0.15, 0.2) is 0 Å². The normalized spacial score (nSPS) is 30.8. The summed E-state index contributed by atoms with van der Waals surface area (Å²) in [6, 6.07) is 4.89. The Balaban J connectivity index is 2.28. The summed E-state index contributed by atoms with van der Waals surface area (Å²) >= 11 is 0. The van der Waals surface area contributed by atoms with Crippen molar-refractivity contribution in [2.24, 2.45) is 17.8 Å². The van der Waals surface area contributed by atoms with Crippen molar-refractivity contribution in [3.63, 3.8) is 0 Å². The number of aryl methyl sites for hydroxylation is 1.